The summed E-state index contributed by atoms with van der Waals surface area (Å²) in [5, 5.41) is 2.81. The van der Waals surface area contributed by atoms with Gasteiger partial charge in [-0.25, -0.2) is 5.09 Å². The predicted molar refractivity (Wildman–Crippen MR) is 65.6 cm³/mol. The highest BCUT2D eigenvalue weighted by molar-refractivity contribution is 8.09. The van der Waals surface area contributed by atoms with E-state index in [0.29, 0.717) is 0 Å². The maximum Gasteiger partial charge on any atom is 0.375 e. The van der Waals surface area contributed by atoms with Crippen molar-refractivity contribution in [1.29, 1.82) is 0 Å². The van der Waals surface area contributed by atoms with Gasteiger partial charge in [0.05, 0.1) is 0 Å². The number of hydrogen-bond donors (Lipinski definition) is 1. The number of rotatable bonds is 8. The maximum atomic E-state index is 13.0. The molecule has 0 heterocycles. The summed E-state index contributed by atoms with van der Waals surface area (Å²) in [5.74, 6) is -0.945. The van der Waals surface area contributed by atoms with Crippen molar-refractivity contribution < 1.29 is 17.8 Å². The van der Waals surface area contributed by atoms with Gasteiger partial charge in [-0.05, 0) is 24.6 Å². The van der Waals surface area contributed by atoms with Gasteiger partial charge in [-0.15, -0.1) is 11.6 Å². The van der Waals surface area contributed by atoms with E-state index in [4.69, 9.17) is 27.9 Å². The van der Waals surface area contributed by atoms with Crippen LogP contribution in [0, 0.1) is 0 Å². The lowest BCUT2D eigenvalue weighted by atomic mass is 10.2. The van der Waals surface area contributed by atoms with Crippen LogP contribution in [0.2, 0.25) is 0 Å². The maximum absolute atomic E-state index is 13.0. The van der Waals surface area contributed by atoms with E-state index in [2.05, 4.69) is 9.61 Å². The van der Waals surface area contributed by atoms with E-state index < -0.39 is 18.6 Å². The first-order valence-corrected chi connectivity index (χ1v) is 8.07. The van der Waals surface area contributed by atoms with Crippen molar-refractivity contribution in [3.8, 4) is 0 Å². The molecule has 0 aromatic heterocycles. The van der Waals surface area contributed by atoms with Gasteiger partial charge in [-0.3, -0.25) is 4.52 Å². The van der Waals surface area contributed by atoms with Crippen LogP contribution >= 0.6 is 18.2 Å². The number of halogens is 3. The van der Waals surface area contributed by atoms with Crippen LogP contribution in [-0.2, 0) is 20.9 Å². The highest BCUT2D eigenvalue weighted by Gasteiger charge is 2.37. The zero-order chi connectivity index (χ0) is 12.8. The summed E-state index contributed by atoms with van der Waals surface area (Å²) >= 11 is 10.0. The summed E-state index contributed by atoms with van der Waals surface area (Å²) in [6.45, 7) is 0.675. The first-order valence-electron chi connectivity index (χ1n) is 4.90. The fourth-order valence-electron chi connectivity index (χ4n) is 1.01. The highest BCUT2D eigenvalue weighted by atomic mass is 35.5. The van der Waals surface area contributed by atoms with Crippen LogP contribution in [0.3, 0.4) is 0 Å². The van der Waals surface area contributed by atoms with Gasteiger partial charge in [0.25, 0.3) is 6.64 Å². The Labute approximate surface area is 105 Å². The Balaban J connectivity index is 4.60. The predicted octanol–water partition coefficient (Wildman–Crippen LogP) is 3.48. The van der Waals surface area contributed by atoms with Crippen LogP contribution in [0.5, 0.6) is 0 Å². The van der Waals surface area contributed by atoms with Crippen LogP contribution in [0.25, 0.3) is 0 Å². The summed E-state index contributed by atoms with van der Waals surface area (Å²) in [4.78, 5) is 0. The van der Waals surface area contributed by atoms with Crippen molar-refractivity contribution in [2.45, 2.75) is 38.8 Å². The third kappa shape index (κ3) is 5.84. The molecule has 8 heteroatoms. The molecule has 1 N–H and O–H groups in total. The third-order valence-electron chi connectivity index (χ3n) is 1.98. The smallest absolute Gasteiger partial charge is 0.321 e. The summed E-state index contributed by atoms with van der Waals surface area (Å²) < 4.78 is 35.3. The Bertz CT molecular complexity index is 254. The molecule has 1 atom stereocenters. The van der Waals surface area contributed by atoms with Gasteiger partial charge in [-0.2, -0.15) is 8.78 Å². The van der Waals surface area contributed by atoms with Crippen molar-refractivity contribution in [2.24, 2.45) is 0 Å². The van der Waals surface area contributed by atoms with Gasteiger partial charge >= 0.3 is 6.11 Å². The zero-order valence-corrected chi connectivity index (χ0v) is 12.0. The standard InChI is InChI=1S/C8H17ClF2NO2PS/c1-4-7(5-2)12-15(16,13-3)14-8(10,11)6-9/h7H,4-6H2,1-3H3,(H,12,16). The summed E-state index contributed by atoms with van der Waals surface area (Å²) in [6, 6.07) is -0.00286. The van der Waals surface area contributed by atoms with E-state index in [0.717, 1.165) is 12.8 Å². The molecule has 0 saturated carbocycles. The van der Waals surface area contributed by atoms with E-state index in [1.165, 1.54) is 7.11 Å². The lowest BCUT2D eigenvalue weighted by Gasteiger charge is -2.28. The molecule has 1 unspecified atom stereocenters. The van der Waals surface area contributed by atoms with Crippen LogP contribution in [0.1, 0.15) is 26.7 Å². The van der Waals surface area contributed by atoms with Crippen molar-refractivity contribution in [3.63, 3.8) is 0 Å². The molecule has 0 saturated heterocycles. The minimum atomic E-state index is -3.47. The average Bonchev–Trinajstić information content (AvgIpc) is 2.25. The van der Waals surface area contributed by atoms with Crippen molar-refractivity contribution in [1.82, 2.24) is 5.09 Å². The van der Waals surface area contributed by atoms with Gasteiger partial charge in [0.15, 0.2) is 0 Å². The van der Waals surface area contributed by atoms with Crippen molar-refractivity contribution in [2.75, 3.05) is 13.0 Å². The minimum Gasteiger partial charge on any atom is -0.321 e. The van der Waals surface area contributed by atoms with Crippen LogP contribution in [-0.4, -0.2) is 25.1 Å². The van der Waals surface area contributed by atoms with Crippen LogP contribution in [0.15, 0.2) is 0 Å². The molecule has 0 amide bonds. The monoisotopic (exact) mass is 295 g/mol. The van der Waals surface area contributed by atoms with Crippen LogP contribution in [0.4, 0.5) is 8.78 Å². The Morgan fingerprint density at radius 3 is 2.25 bits per heavy atom. The molecule has 0 aliphatic carbocycles. The second kappa shape index (κ2) is 7.19. The number of alkyl halides is 3. The third-order valence-corrected chi connectivity index (χ3v) is 4.94. The fourth-order valence-corrected chi connectivity index (χ4v) is 3.38. The molecule has 3 nitrogen and oxygen atoms in total. The Morgan fingerprint density at radius 2 is 1.94 bits per heavy atom. The quantitative estimate of drug-likeness (QED) is 0.548. The van der Waals surface area contributed by atoms with Gasteiger partial charge in [0.1, 0.15) is 5.88 Å². The first kappa shape index (κ1) is 16.7. The molecule has 0 fully saturated rings. The first-order chi connectivity index (χ1) is 7.32. The van der Waals surface area contributed by atoms with Gasteiger partial charge in [-0.1, -0.05) is 13.8 Å². The fraction of sp³-hybridized carbons (Fsp3) is 1.00. The minimum absolute atomic E-state index is 0.00286. The summed E-state index contributed by atoms with van der Waals surface area (Å²) in [7, 11) is 1.25. The molecule has 0 spiro atoms. The molecule has 0 aromatic rings. The summed E-state index contributed by atoms with van der Waals surface area (Å²) in [6.07, 6.45) is -1.95. The average molecular weight is 296 g/mol. The SMILES string of the molecule is CCC(CC)NP(=S)(OC)OC(F)(F)CCl. The molecule has 0 bridgehead atoms. The largest absolute Gasteiger partial charge is 0.375 e. The molecule has 16 heavy (non-hydrogen) atoms. The molecular weight excluding hydrogens is 279 g/mol. The molecule has 0 aliphatic rings. The van der Waals surface area contributed by atoms with E-state index >= 15 is 0 Å². The van der Waals surface area contributed by atoms with Gasteiger partial charge in [0, 0.05) is 13.2 Å². The second-order valence-electron chi connectivity index (χ2n) is 3.18. The van der Waals surface area contributed by atoms with E-state index in [1.54, 1.807) is 0 Å². The normalized spacial score (nSPS) is 16.4. The Hall–Kier alpha value is 0.680. The van der Waals surface area contributed by atoms with Crippen molar-refractivity contribution in [3.05, 3.63) is 0 Å². The molecular formula is C8H17ClF2NO2PS. The topological polar surface area (TPSA) is 30.5 Å². The van der Waals surface area contributed by atoms with Gasteiger partial charge < -0.3 is 4.52 Å². The molecule has 0 aromatic carbocycles. The number of hydrogen-bond acceptors (Lipinski definition) is 3. The highest BCUT2D eigenvalue weighted by Crippen LogP contribution is 2.49. The van der Waals surface area contributed by atoms with E-state index in [1.807, 2.05) is 13.8 Å². The zero-order valence-electron chi connectivity index (χ0n) is 9.50. The summed E-state index contributed by atoms with van der Waals surface area (Å²) in [5.41, 5.74) is 0. The van der Waals surface area contributed by atoms with E-state index in [-0.39, 0.29) is 6.04 Å². The Kier molecular flexibility index (Phi) is 7.49. The molecule has 98 valence electrons. The molecule has 0 radical (unpaired) electrons. The second-order valence-corrected chi connectivity index (χ2v) is 6.70. The molecule has 0 aliphatic heterocycles. The van der Waals surface area contributed by atoms with Crippen LogP contribution < -0.4 is 5.09 Å². The van der Waals surface area contributed by atoms with Gasteiger partial charge in [0.2, 0.25) is 0 Å². The van der Waals surface area contributed by atoms with E-state index in [9.17, 15) is 8.78 Å². The number of nitrogens with one attached hydrogen (secondary N) is 1. The lowest BCUT2D eigenvalue weighted by molar-refractivity contribution is -0.157. The molecule has 0 rings (SSSR count). The lowest BCUT2D eigenvalue weighted by Crippen LogP contribution is -2.31. The van der Waals surface area contributed by atoms with Crippen molar-refractivity contribution >= 4 is 30.1 Å². The Morgan fingerprint density at radius 1 is 1.44 bits per heavy atom.